The second-order valence-corrected chi connectivity index (χ2v) is 4.49. The topological polar surface area (TPSA) is 42.2 Å². The maximum atomic E-state index is 11.6. The zero-order valence-electron chi connectivity index (χ0n) is 10.7. The first-order valence-electron chi connectivity index (χ1n) is 6.32. The highest BCUT2D eigenvalue weighted by Gasteiger charge is 2.12. The number of carboxylic acid groups (broad SMARTS) is 1. The van der Waals surface area contributed by atoms with Gasteiger partial charge >= 0.3 is 5.97 Å². The molecule has 3 heteroatoms. The van der Waals surface area contributed by atoms with Crippen LogP contribution in [0.1, 0.15) is 5.56 Å². The molecule has 0 fully saturated rings. The summed E-state index contributed by atoms with van der Waals surface area (Å²) < 4.78 is 1.70. The SMILES string of the molecule is O=C(O)C(=Cc1ccccc1)n1ccc2ccccc21. The summed E-state index contributed by atoms with van der Waals surface area (Å²) in [5, 5.41) is 10.5. The average Bonchev–Trinajstić information content (AvgIpc) is 2.89. The lowest BCUT2D eigenvalue weighted by atomic mass is 10.2. The van der Waals surface area contributed by atoms with E-state index in [-0.39, 0.29) is 5.70 Å². The molecule has 3 nitrogen and oxygen atoms in total. The number of aliphatic carboxylic acids is 1. The Labute approximate surface area is 116 Å². The molecule has 0 spiro atoms. The van der Waals surface area contributed by atoms with E-state index in [1.54, 1.807) is 16.8 Å². The minimum Gasteiger partial charge on any atom is -0.477 e. The monoisotopic (exact) mass is 263 g/mol. The van der Waals surface area contributed by atoms with E-state index in [0.29, 0.717) is 0 Å². The normalized spacial score (nSPS) is 11.7. The Morgan fingerprint density at radius 3 is 2.40 bits per heavy atom. The molecule has 3 rings (SSSR count). The predicted octanol–water partition coefficient (Wildman–Crippen LogP) is 3.72. The molecule has 20 heavy (non-hydrogen) atoms. The molecule has 0 aliphatic rings. The molecule has 0 bridgehead atoms. The number of hydrogen-bond acceptors (Lipinski definition) is 1. The van der Waals surface area contributed by atoms with Crippen LogP contribution in [-0.2, 0) is 4.79 Å². The summed E-state index contributed by atoms with van der Waals surface area (Å²) in [6.45, 7) is 0. The molecule has 0 saturated carbocycles. The minimum atomic E-state index is -0.949. The van der Waals surface area contributed by atoms with Crippen LogP contribution in [0.15, 0.2) is 66.9 Å². The van der Waals surface area contributed by atoms with Gasteiger partial charge < -0.3 is 9.67 Å². The Morgan fingerprint density at radius 1 is 0.950 bits per heavy atom. The highest BCUT2D eigenvalue weighted by Crippen LogP contribution is 2.21. The molecule has 1 aromatic heterocycles. The van der Waals surface area contributed by atoms with Crippen LogP contribution in [0.5, 0.6) is 0 Å². The number of carboxylic acids is 1. The maximum Gasteiger partial charge on any atom is 0.352 e. The van der Waals surface area contributed by atoms with Gasteiger partial charge in [-0.2, -0.15) is 0 Å². The maximum absolute atomic E-state index is 11.6. The Bertz CT molecular complexity index is 785. The summed E-state index contributed by atoms with van der Waals surface area (Å²) in [6.07, 6.45) is 3.46. The quantitative estimate of drug-likeness (QED) is 0.732. The third kappa shape index (κ3) is 2.21. The number of aromatic nitrogens is 1. The first-order valence-corrected chi connectivity index (χ1v) is 6.32. The van der Waals surface area contributed by atoms with Gasteiger partial charge in [0.15, 0.2) is 0 Å². The summed E-state index contributed by atoms with van der Waals surface area (Å²) >= 11 is 0. The summed E-state index contributed by atoms with van der Waals surface area (Å²) in [6, 6.07) is 19.1. The number of rotatable bonds is 3. The Morgan fingerprint density at radius 2 is 1.65 bits per heavy atom. The molecule has 1 N–H and O–H groups in total. The first-order chi connectivity index (χ1) is 9.75. The van der Waals surface area contributed by atoms with E-state index in [0.717, 1.165) is 16.5 Å². The van der Waals surface area contributed by atoms with Crippen molar-refractivity contribution < 1.29 is 9.90 Å². The van der Waals surface area contributed by atoms with E-state index in [4.69, 9.17) is 0 Å². The van der Waals surface area contributed by atoms with Crippen LogP contribution in [0.3, 0.4) is 0 Å². The summed E-state index contributed by atoms with van der Waals surface area (Å²) in [5.41, 5.74) is 1.98. The van der Waals surface area contributed by atoms with E-state index >= 15 is 0 Å². The van der Waals surface area contributed by atoms with E-state index in [1.165, 1.54) is 0 Å². The molecule has 0 aliphatic carbocycles. The van der Waals surface area contributed by atoms with E-state index < -0.39 is 5.97 Å². The van der Waals surface area contributed by atoms with E-state index in [2.05, 4.69) is 0 Å². The van der Waals surface area contributed by atoms with Gasteiger partial charge in [-0.15, -0.1) is 0 Å². The van der Waals surface area contributed by atoms with Crippen molar-refractivity contribution in [2.45, 2.75) is 0 Å². The van der Waals surface area contributed by atoms with Gasteiger partial charge in [0.2, 0.25) is 0 Å². The molecular weight excluding hydrogens is 250 g/mol. The fraction of sp³-hybridized carbons (Fsp3) is 0. The third-order valence-corrected chi connectivity index (χ3v) is 3.18. The van der Waals surface area contributed by atoms with Crippen molar-refractivity contribution in [3.63, 3.8) is 0 Å². The highest BCUT2D eigenvalue weighted by molar-refractivity contribution is 6.16. The Balaban J connectivity index is 2.17. The van der Waals surface area contributed by atoms with Gasteiger partial charge in [-0.3, -0.25) is 0 Å². The molecule has 0 saturated heterocycles. The molecule has 1 heterocycles. The predicted molar refractivity (Wildman–Crippen MR) is 80.2 cm³/mol. The molecule has 3 aromatic rings. The second-order valence-electron chi connectivity index (χ2n) is 4.49. The van der Waals surface area contributed by atoms with Crippen LogP contribution in [0, 0.1) is 0 Å². The summed E-state index contributed by atoms with van der Waals surface area (Å²) in [4.78, 5) is 11.6. The molecule has 0 amide bonds. The van der Waals surface area contributed by atoms with E-state index in [1.807, 2.05) is 60.7 Å². The van der Waals surface area contributed by atoms with E-state index in [9.17, 15) is 9.90 Å². The molecular formula is C17H13NO2. The number of hydrogen-bond donors (Lipinski definition) is 1. The number of fused-ring (bicyclic) bond motifs is 1. The van der Waals surface area contributed by atoms with Crippen molar-refractivity contribution in [2.24, 2.45) is 0 Å². The van der Waals surface area contributed by atoms with Crippen LogP contribution < -0.4 is 0 Å². The molecule has 0 aliphatic heterocycles. The highest BCUT2D eigenvalue weighted by atomic mass is 16.4. The van der Waals surface area contributed by atoms with Gasteiger partial charge in [0.05, 0.1) is 5.52 Å². The van der Waals surface area contributed by atoms with Crippen molar-refractivity contribution in [1.29, 1.82) is 0 Å². The average molecular weight is 263 g/mol. The van der Waals surface area contributed by atoms with Crippen LogP contribution in [0.25, 0.3) is 22.7 Å². The van der Waals surface area contributed by atoms with Gasteiger partial charge in [0.1, 0.15) is 5.70 Å². The second kappa shape index (κ2) is 5.05. The molecule has 0 radical (unpaired) electrons. The lowest BCUT2D eigenvalue weighted by molar-refractivity contribution is -0.130. The number of para-hydroxylation sites is 1. The summed E-state index contributed by atoms with van der Waals surface area (Å²) in [7, 11) is 0. The lowest BCUT2D eigenvalue weighted by Crippen LogP contribution is -2.06. The van der Waals surface area contributed by atoms with Gasteiger partial charge in [-0.1, -0.05) is 48.5 Å². The molecule has 0 atom stereocenters. The van der Waals surface area contributed by atoms with Crippen molar-refractivity contribution >= 4 is 28.6 Å². The Kier molecular flexibility index (Phi) is 3.09. The van der Waals surface area contributed by atoms with Crippen molar-refractivity contribution in [3.05, 3.63) is 72.4 Å². The molecule has 98 valence electrons. The van der Waals surface area contributed by atoms with Gasteiger partial charge in [0, 0.05) is 6.20 Å². The van der Waals surface area contributed by atoms with Gasteiger partial charge in [0.25, 0.3) is 0 Å². The van der Waals surface area contributed by atoms with Crippen LogP contribution >= 0.6 is 0 Å². The fourth-order valence-corrected chi connectivity index (χ4v) is 2.23. The summed E-state index contributed by atoms with van der Waals surface area (Å²) in [5.74, 6) is -0.949. The minimum absolute atomic E-state index is 0.234. The van der Waals surface area contributed by atoms with Crippen LogP contribution in [0.2, 0.25) is 0 Å². The zero-order chi connectivity index (χ0) is 13.9. The van der Waals surface area contributed by atoms with Crippen LogP contribution in [0.4, 0.5) is 0 Å². The Hall–Kier alpha value is -2.81. The zero-order valence-corrected chi connectivity index (χ0v) is 10.7. The number of carbonyl (C=O) groups is 1. The lowest BCUT2D eigenvalue weighted by Gasteiger charge is -2.06. The smallest absolute Gasteiger partial charge is 0.352 e. The van der Waals surface area contributed by atoms with Gasteiger partial charge in [-0.25, -0.2) is 4.79 Å². The largest absolute Gasteiger partial charge is 0.477 e. The number of benzene rings is 2. The van der Waals surface area contributed by atoms with Crippen LogP contribution in [-0.4, -0.2) is 15.6 Å². The number of nitrogens with zero attached hydrogens (tertiary/aromatic N) is 1. The van der Waals surface area contributed by atoms with Gasteiger partial charge in [-0.05, 0) is 29.2 Å². The third-order valence-electron chi connectivity index (χ3n) is 3.18. The first kappa shape index (κ1) is 12.2. The standard InChI is InChI=1S/C17H13NO2/c19-17(20)16(12-13-6-2-1-3-7-13)18-11-10-14-8-4-5-9-15(14)18/h1-12H,(H,19,20). The van der Waals surface area contributed by atoms with Crippen molar-refractivity contribution in [2.75, 3.05) is 0 Å². The van der Waals surface area contributed by atoms with Crippen molar-refractivity contribution in [3.8, 4) is 0 Å². The molecule has 2 aromatic carbocycles. The van der Waals surface area contributed by atoms with Crippen molar-refractivity contribution in [1.82, 2.24) is 4.57 Å². The fourth-order valence-electron chi connectivity index (χ4n) is 2.23. The molecule has 0 unspecified atom stereocenters.